The van der Waals surface area contributed by atoms with E-state index in [0.717, 1.165) is 0 Å². The van der Waals surface area contributed by atoms with Crippen LogP contribution in [0.3, 0.4) is 0 Å². The smallest absolute Gasteiger partial charge is 0.417 e. The van der Waals surface area contributed by atoms with E-state index >= 15 is 0 Å². The van der Waals surface area contributed by atoms with Crippen LogP contribution in [0.5, 0.6) is 5.75 Å². The number of hydrogen-bond acceptors (Lipinski definition) is 6. The summed E-state index contributed by atoms with van der Waals surface area (Å²) in [7, 11) is -3.92. The number of hydrazone groups is 1. The van der Waals surface area contributed by atoms with Crippen LogP contribution in [0, 0.1) is 0 Å². The molecule has 0 unspecified atom stereocenters. The van der Waals surface area contributed by atoms with E-state index in [4.69, 9.17) is 4.42 Å². The summed E-state index contributed by atoms with van der Waals surface area (Å²) in [6.45, 7) is 0. The Morgan fingerprint density at radius 2 is 2.04 bits per heavy atom. The van der Waals surface area contributed by atoms with Crippen LogP contribution in [0.4, 0.5) is 0 Å². The molecule has 24 heavy (non-hydrogen) atoms. The van der Waals surface area contributed by atoms with Crippen molar-refractivity contribution in [1.29, 1.82) is 0 Å². The van der Waals surface area contributed by atoms with Crippen molar-refractivity contribution in [2.24, 2.45) is 5.10 Å². The molecule has 124 valence electrons. The second-order valence-corrected chi connectivity index (χ2v) is 7.25. The number of sulfonamides is 1. The van der Waals surface area contributed by atoms with Gasteiger partial charge in [0.25, 0.3) is 10.0 Å². The van der Waals surface area contributed by atoms with Gasteiger partial charge in [-0.1, -0.05) is 0 Å². The summed E-state index contributed by atoms with van der Waals surface area (Å²) in [5.41, 5.74) is 1.11. The number of phenols is 1. The van der Waals surface area contributed by atoms with Gasteiger partial charge in [0.2, 0.25) is 0 Å². The zero-order valence-electron chi connectivity index (χ0n) is 11.9. The number of nitrogens with zero attached hydrogens (tertiary/aromatic N) is 1. The fourth-order valence-corrected chi connectivity index (χ4v) is 3.12. The number of oxazole rings is 1. The summed E-state index contributed by atoms with van der Waals surface area (Å²) in [5.74, 6) is -0.600. The summed E-state index contributed by atoms with van der Waals surface area (Å²) in [5, 5.41) is 13.1. The van der Waals surface area contributed by atoms with Gasteiger partial charge in [-0.2, -0.15) is 13.5 Å². The highest BCUT2D eigenvalue weighted by molar-refractivity contribution is 9.10. The normalized spacial score (nSPS) is 12.0. The highest BCUT2D eigenvalue weighted by atomic mass is 79.9. The van der Waals surface area contributed by atoms with Gasteiger partial charge >= 0.3 is 5.76 Å². The fourth-order valence-electron chi connectivity index (χ4n) is 1.92. The molecule has 0 saturated carbocycles. The van der Waals surface area contributed by atoms with Crippen LogP contribution in [0.25, 0.3) is 11.1 Å². The number of aromatic amines is 1. The van der Waals surface area contributed by atoms with Gasteiger partial charge < -0.3 is 9.52 Å². The highest BCUT2D eigenvalue weighted by Crippen LogP contribution is 2.23. The highest BCUT2D eigenvalue weighted by Gasteiger charge is 2.15. The lowest BCUT2D eigenvalue weighted by Crippen LogP contribution is -2.18. The molecule has 0 spiro atoms. The van der Waals surface area contributed by atoms with Gasteiger partial charge in [-0.3, -0.25) is 4.98 Å². The number of rotatable bonds is 4. The molecule has 0 radical (unpaired) electrons. The quantitative estimate of drug-likeness (QED) is 0.446. The first-order valence-electron chi connectivity index (χ1n) is 6.51. The number of aromatic nitrogens is 1. The van der Waals surface area contributed by atoms with Crippen LogP contribution in [0.15, 0.2) is 60.1 Å². The summed E-state index contributed by atoms with van der Waals surface area (Å²) in [4.78, 5) is 15.5. The van der Waals surface area contributed by atoms with Crippen LogP contribution in [0.2, 0.25) is 0 Å². The van der Waals surface area contributed by atoms with E-state index in [1.807, 2.05) is 0 Å². The third-order valence-electron chi connectivity index (χ3n) is 3.06. The van der Waals surface area contributed by atoms with Crippen LogP contribution in [-0.2, 0) is 10.0 Å². The van der Waals surface area contributed by atoms with Crippen LogP contribution in [0.1, 0.15) is 5.56 Å². The Kier molecular flexibility index (Phi) is 4.16. The number of aromatic hydroxyl groups is 1. The lowest BCUT2D eigenvalue weighted by Gasteiger charge is -2.03. The van der Waals surface area contributed by atoms with Crippen molar-refractivity contribution in [3.63, 3.8) is 0 Å². The Labute approximate surface area is 144 Å². The maximum Gasteiger partial charge on any atom is 0.417 e. The van der Waals surface area contributed by atoms with Crippen molar-refractivity contribution >= 4 is 43.3 Å². The molecule has 2 aromatic carbocycles. The van der Waals surface area contributed by atoms with Crippen LogP contribution < -0.4 is 10.6 Å². The van der Waals surface area contributed by atoms with Gasteiger partial charge in [-0.25, -0.2) is 9.63 Å². The molecule has 3 rings (SSSR count). The van der Waals surface area contributed by atoms with Gasteiger partial charge in [0.15, 0.2) is 5.58 Å². The Morgan fingerprint density at radius 1 is 1.25 bits per heavy atom. The predicted molar refractivity (Wildman–Crippen MR) is 90.6 cm³/mol. The second-order valence-electron chi connectivity index (χ2n) is 4.74. The van der Waals surface area contributed by atoms with Crippen molar-refractivity contribution in [2.45, 2.75) is 4.90 Å². The van der Waals surface area contributed by atoms with E-state index in [0.29, 0.717) is 15.6 Å². The molecule has 0 aliphatic carbocycles. The molecular weight excluding hydrogens is 402 g/mol. The minimum atomic E-state index is -3.92. The minimum Gasteiger partial charge on any atom is -0.507 e. The molecule has 1 aromatic heterocycles. The summed E-state index contributed by atoms with van der Waals surface area (Å²) in [6, 6.07) is 8.56. The zero-order chi connectivity index (χ0) is 17.3. The minimum absolute atomic E-state index is 0.0639. The lowest BCUT2D eigenvalue weighted by molar-refractivity contribution is 0.472. The SMILES string of the molecule is O=c1[nH]c2ccc(S(=O)(=O)N/N=C/c3ccc(O)c(Br)c3)cc2o1. The molecular formula is C14H10BrN3O5S. The van der Waals surface area contributed by atoms with E-state index in [9.17, 15) is 18.3 Å². The van der Waals surface area contributed by atoms with E-state index in [1.165, 1.54) is 30.5 Å². The summed E-state index contributed by atoms with van der Waals surface area (Å²) in [6.07, 6.45) is 1.29. The van der Waals surface area contributed by atoms with Gasteiger partial charge in [0.05, 0.1) is 21.1 Å². The van der Waals surface area contributed by atoms with Gasteiger partial charge in [0.1, 0.15) is 5.75 Å². The van der Waals surface area contributed by atoms with Crippen molar-refractivity contribution in [3.8, 4) is 5.75 Å². The van der Waals surface area contributed by atoms with Gasteiger partial charge in [-0.05, 0) is 51.8 Å². The zero-order valence-corrected chi connectivity index (χ0v) is 14.3. The second kappa shape index (κ2) is 6.13. The maximum absolute atomic E-state index is 12.2. The average Bonchev–Trinajstić information content (AvgIpc) is 2.89. The maximum atomic E-state index is 12.2. The third-order valence-corrected chi connectivity index (χ3v) is 4.92. The van der Waals surface area contributed by atoms with Crippen LogP contribution >= 0.6 is 15.9 Å². The van der Waals surface area contributed by atoms with E-state index in [1.54, 1.807) is 12.1 Å². The van der Waals surface area contributed by atoms with Crippen molar-refractivity contribution < 1.29 is 17.9 Å². The molecule has 0 atom stereocenters. The van der Waals surface area contributed by atoms with Crippen molar-refractivity contribution in [1.82, 2.24) is 9.82 Å². The lowest BCUT2D eigenvalue weighted by atomic mass is 10.2. The van der Waals surface area contributed by atoms with E-state index in [2.05, 4.69) is 30.8 Å². The number of hydrogen-bond donors (Lipinski definition) is 3. The molecule has 1 heterocycles. The first-order valence-corrected chi connectivity index (χ1v) is 8.79. The Bertz CT molecular complexity index is 1100. The van der Waals surface area contributed by atoms with Crippen molar-refractivity contribution in [3.05, 3.63) is 57.0 Å². The number of nitrogens with one attached hydrogen (secondary N) is 2. The van der Waals surface area contributed by atoms with Crippen LogP contribution in [-0.4, -0.2) is 24.7 Å². The number of phenolic OH excluding ortho intramolecular Hbond substituents is 1. The monoisotopic (exact) mass is 411 g/mol. The molecule has 0 amide bonds. The Morgan fingerprint density at radius 3 is 2.79 bits per heavy atom. The molecule has 3 aromatic rings. The molecule has 0 aliphatic heterocycles. The number of H-pyrrole nitrogens is 1. The van der Waals surface area contributed by atoms with Crippen molar-refractivity contribution in [2.75, 3.05) is 0 Å². The number of halogens is 1. The average molecular weight is 412 g/mol. The first-order chi connectivity index (χ1) is 11.3. The van der Waals surface area contributed by atoms with E-state index in [-0.39, 0.29) is 16.2 Å². The molecule has 3 N–H and O–H groups in total. The molecule has 8 nitrogen and oxygen atoms in total. The third kappa shape index (κ3) is 3.34. The first kappa shape index (κ1) is 16.3. The molecule has 0 fully saturated rings. The van der Waals surface area contributed by atoms with Gasteiger partial charge in [0, 0.05) is 6.07 Å². The number of benzene rings is 2. The molecule has 0 aliphatic rings. The molecule has 10 heteroatoms. The summed E-state index contributed by atoms with van der Waals surface area (Å²) < 4.78 is 29.7. The Balaban J connectivity index is 1.82. The molecule has 0 bridgehead atoms. The topological polar surface area (TPSA) is 125 Å². The number of fused-ring (bicyclic) bond motifs is 1. The fraction of sp³-hybridized carbons (Fsp3) is 0. The largest absolute Gasteiger partial charge is 0.507 e. The predicted octanol–water partition coefficient (Wildman–Crippen LogP) is 1.90. The summed E-state index contributed by atoms with van der Waals surface area (Å²) >= 11 is 3.15. The Hall–Kier alpha value is -2.59. The standard InChI is InChI=1S/C14H10BrN3O5S/c15-10-5-8(1-4-12(10)19)7-16-18-24(21,22)9-2-3-11-13(6-9)23-14(20)17-11/h1-7,18-19H,(H,17,20)/b16-7+. The molecule has 0 saturated heterocycles. The van der Waals surface area contributed by atoms with E-state index < -0.39 is 15.8 Å². The van der Waals surface area contributed by atoms with Gasteiger partial charge in [-0.15, -0.1) is 0 Å².